The van der Waals surface area contributed by atoms with Crippen LogP contribution in [0.15, 0.2) is 12.4 Å². The third-order valence-electron chi connectivity index (χ3n) is 3.51. The largest absolute Gasteiger partial charge is 0.349 e. The highest BCUT2D eigenvalue weighted by Gasteiger charge is 2.35. The number of nitrogens with zero attached hydrogens (tertiary/aromatic N) is 1. The Labute approximate surface area is 101 Å². The predicted octanol–water partition coefficient (Wildman–Crippen LogP) is 0.977. The van der Waals surface area contributed by atoms with Gasteiger partial charge >= 0.3 is 0 Å². The van der Waals surface area contributed by atoms with Crippen molar-refractivity contribution < 1.29 is 4.79 Å². The lowest BCUT2D eigenvalue weighted by Gasteiger charge is -2.33. The van der Waals surface area contributed by atoms with E-state index in [-0.39, 0.29) is 17.4 Å². The smallest absolute Gasteiger partial charge is 0.227 e. The number of aromatic amines is 1. The van der Waals surface area contributed by atoms with Crippen molar-refractivity contribution in [1.29, 1.82) is 0 Å². The van der Waals surface area contributed by atoms with Crippen molar-refractivity contribution in [2.75, 3.05) is 13.1 Å². The van der Waals surface area contributed by atoms with Gasteiger partial charge in [0.05, 0.1) is 17.7 Å². The van der Waals surface area contributed by atoms with Crippen molar-refractivity contribution in [2.45, 2.75) is 32.7 Å². The normalized spacial score (nSPS) is 26.5. The fourth-order valence-electron chi connectivity index (χ4n) is 2.20. The Kier molecular flexibility index (Phi) is 3.47. The van der Waals surface area contributed by atoms with Crippen molar-refractivity contribution >= 4 is 5.91 Å². The van der Waals surface area contributed by atoms with Crippen LogP contribution in [0, 0.1) is 5.41 Å². The minimum atomic E-state index is -0.282. The van der Waals surface area contributed by atoms with Gasteiger partial charge in [-0.3, -0.25) is 9.89 Å². The molecule has 1 aromatic heterocycles. The zero-order chi connectivity index (χ0) is 12.3. The second-order valence-corrected chi connectivity index (χ2v) is 5.07. The quantitative estimate of drug-likeness (QED) is 0.732. The van der Waals surface area contributed by atoms with E-state index < -0.39 is 0 Å². The van der Waals surface area contributed by atoms with Crippen LogP contribution in [0.5, 0.6) is 0 Å². The minimum Gasteiger partial charge on any atom is -0.349 e. The Morgan fingerprint density at radius 3 is 3.06 bits per heavy atom. The van der Waals surface area contributed by atoms with Crippen molar-refractivity contribution in [1.82, 2.24) is 20.8 Å². The summed E-state index contributed by atoms with van der Waals surface area (Å²) in [6, 6.07) is 0.00000142. The van der Waals surface area contributed by atoms with Crippen LogP contribution in [0.4, 0.5) is 0 Å². The SMILES string of the molecule is CC(NC(=O)C1(C)CCCNC1)c1cn[nH]c1. The van der Waals surface area contributed by atoms with E-state index in [1.54, 1.807) is 6.20 Å². The second kappa shape index (κ2) is 4.87. The fraction of sp³-hybridized carbons (Fsp3) is 0.667. The van der Waals surface area contributed by atoms with Gasteiger partial charge in [-0.15, -0.1) is 0 Å². The van der Waals surface area contributed by atoms with Crippen LogP contribution in [0.1, 0.15) is 38.3 Å². The number of nitrogens with one attached hydrogen (secondary N) is 3. The molecule has 0 bridgehead atoms. The van der Waals surface area contributed by atoms with Gasteiger partial charge in [-0.2, -0.15) is 5.10 Å². The summed E-state index contributed by atoms with van der Waals surface area (Å²) in [4.78, 5) is 12.2. The van der Waals surface area contributed by atoms with Gasteiger partial charge in [0.25, 0.3) is 0 Å². The summed E-state index contributed by atoms with van der Waals surface area (Å²) >= 11 is 0. The molecule has 94 valence electrons. The molecule has 1 fully saturated rings. The standard InChI is InChI=1S/C12H20N4O/c1-9(10-6-14-15-7-10)16-11(17)12(2)4-3-5-13-8-12/h6-7,9,13H,3-5,8H2,1-2H3,(H,14,15)(H,16,17). The summed E-state index contributed by atoms with van der Waals surface area (Å²) < 4.78 is 0. The summed E-state index contributed by atoms with van der Waals surface area (Å²) in [5.41, 5.74) is 0.724. The molecule has 2 unspecified atom stereocenters. The molecule has 1 aliphatic rings. The van der Waals surface area contributed by atoms with E-state index in [4.69, 9.17) is 0 Å². The molecule has 0 saturated carbocycles. The van der Waals surface area contributed by atoms with E-state index in [1.165, 1.54) is 0 Å². The average molecular weight is 236 g/mol. The maximum Gasteiger partial charge on any atom is 0.227 e. The number of rotatable bonds is 3. The van der Waals surface area contributed by atoms with E-state index in [1.807, 2.05) is 20.0 Å². The van der Waals surface area contributed by atoms with E-state index >= 15 is 0 Å². The number of amides is 1. The highest BCUT2D eigenvalue weighted by Crippen LogP contribution is 2.26. The van der Waals surface area contributed by atoms with Crippen LogP contribution >= 0.6 is 0 Å². The summed E-state index contributed by atoms with van der Waals surface area (Å²) in [7, 11) is 0. The van der Waals surface area contributed by atoms with Gasteiger partial charge < -0.3 is 10.6 Å². The third kappa shape index (κ3) is 2.66. The van der Waals surface area contributed by atoms with Crippen molar-refractivity contribution in [2.24, 2.45) is 5.41 Å². The van der Waals surface area contributed by atoms with Crippen LogP contribution < -0.4 is 10.6 Å². The van der Waals surface area contributed by atoms with Crippen molar-refractivity contribution in [3.8, 4) is 0 Å². The number of carbonyl (C=O) groups excluding carboxylic acids is 1. The molecule has 0 spiro atoms. The molecule has 2 rings (SSSR count). The van der Waals surface area contributed by atoms with Gasteiger partial charge in [-0.1, -0.05) is 0 Å². The first-order chi connectivity index (χ1) is 8.12. The van der Waals surface area contributed by atoms with E-state index in [9.17, 15) is 4.79 Å². The second-order valence-electron chi connectivity index (χ2n) is 5.07. The lowest BCUT2D eigenvalue weighted by Crippen LogP contribution is -2.49. The number of H-pyrrole nitrogens is 1. The van der Waals surface area contributed by atoms with Crippen molar-refractivity contribution in [3.05, 3.63) is 18.0 Å². The van der Waals surface area contributed by atoms with Crippen LogP contribution in [-0.4, -0.2) is 29.2 Å². The molecule has 0 radical (unpaired) electrons. The topological polar surface area (TPSA) is 69.8 Å². The number of carbonyl (C=O) groups is 1. The Bertz CT molecular complexity index is 368. The molecule has 2 atom stereocenters. The van der Waals surface area contributed by atoms with E-state index in [0.717, 1.165) is 31.5 Å². The van der Waals surface area contributed by atoms with Crippen LogP contribution in [-0.2, 0) is 4.79 Å². The number of hydrogen-bond acceptors (Lipinski definition) is 3. The molecule has 1 saturated heterocycles. The third-order valence-corrected chi connectivity index (χ3v) is 3.51. The Morgan fingerprint density at radius 1 is 1.65 bits per heavy atom. The molecule has 1 aliphatic heterocycles. The molecule has 0 aromatic carbocycles. The molecule has 1 aromatic rings. The fourth-order valence-corrected chi connectivity index (χ4v) is 2.20. The van der Waals surface area contributed by atoms with Crippen molar-refractivity contribution in [3.63, 3.8) is 0 Å². The molecular formula is C12H20N4O. The number of hydrogen-bond donors (Lipinski definition) is 3. The summed E-state index contributed by atoms with van der Waals surface area (Å²) in [5.74, 6) is 0.124. The molecule has 17 heavy (non-hydrogen) atoms. The Hall–Kier alpha value is -1.36. The maximum absolute atomic E-state index is 12.2. The molecule has 3 N–H and O–H groups in total. The van der Waals surface area contributed by atoms with Gasteiger partial charge in [-0.05, 0) is 33.2 Å². The molecule has 2 heterocycles. The first-order valence-corrected chi connectivity index (χ1v) is 6.12. The predicted molar refractivity (Wildman–Crippen MR) is 65.4 cm³/mol. The zero-order valence-electron chi connectivity index (χ0n) is 10.4. The maximum atomic E-state index is 12.2. The monoisotopic (exact) mass is 236 g/mol. The zero-order valence-corrected chi connectivity index (χ0v) is 10.4. The van der Waals surface area contributed by atoms with E-state index in [0.29, 0.717) is 0 Å². The first kappa shape index (κ1) is 12.1. The number of aromatic nitrogens is 2. The first-order valence-electron chi connectivity index (χ1n) is 6.12. The van der Waals surface area contributed by atoms with Gasteiger partial charge in [0.1, 0.15) is 0 Å². The summed E-state index contributed by atoms with van der Waals surface area (Å²) in [5, 5.41) is 13.0. The number of piperidine rings is 1. The molecule has 0 aliphatic carbocycles. The summed E-state index contributed by atoms with van der Waals surface area (Å²) in [6.07, 6.45) is 5.56. The highest BCUT2D eigenvalue weighted by atomic mass is 16.2. The van der Waals surface area contributed by atoms with Gasteiger partial charge in [0.15, 0.2) is 0 Å². The van der Waals surface area contributed by atoms with Crippen LogP contribution in [0.3, 0.4) is 0 Å². The van der Waals surface area contributed by atoms with Gasteiger partial charge in [-0.25, -0.2) is 0 Å². The highest BCUT2D eigenvalue weighted by molar-refractivity contribution is 5.83. The van der Waals surface area contributed by atoms with Gasteiger partial charge in [0, 0.05) is 18.3 Å². The molecular weight excluding hydrogens is 216 g/mol. The Morgan fingerprint density at radius 2 is 2.47 bits per heavy atom. The van der Waals surface area contributed by atoms with E-state index in [2.05, 4.69) is 20.8 Å². The average Bonchev–Trinajstić information content (AvgIpc) is 2.83. The summed E-state index contributed by atoms with van der Waals surface area (Å²) in [6.45, 7) is 5.77. The molecule has 1 amide bonds. The minimum absolute atomic E-state index is 0.00000142. The Balaban J connectivity index is 1.96. The lowest BCUT2D eigenvalue weighted by atomic mass is 9.81. The molecule has 5 heteroatoms. The lowest BCUT2D eigenvalue weighted by molar-refractivity contribution is -0.131. The molecule has 5 nitrogen and oxygen atoms in total. The van der Waals surface area contributed by atoms with Gasteiger partial charge in [0.2, 0.25) is 5.91 Å². The van der Waals surface area contributed by atoms with Crippen LogP contribution in [0.25, 0.3) is 0 Å². The van der Waals surface area contributed by atoms with Crippen LogP contribution in [0.2, 0.25) is 0 Å².